The van der Waals surface area contributed by atoms with Crippen molar-refractivity contribution in [2.24, 2.45) is 0 Å². The molecule has 0 unspecified atom stereocenters. The molecule has 2 aromatic rings. The Morgan fingerprint density at radius 3 is 2.52 bits per heavy atom. The maximum atomic E-state index is 11.9. The molecule has 0 aliphatic carbocycles. The summed E-state index contributed by atoms with van der Waals surface area (Å²) in [5, 5.41) is 8.97. The van der Waals surface area contributed by atoms with Gasteiger partial charge in [-0.3, -0.25) is 4.79 Å². The van der Waals surface area contributed by atoms with Crippen molar-refractivity contribution in [3.63, 3.8) is 0 Å². The van der Waals surface area contributed by atoms with Crippen molar-refractivity contribution in [3.8, 4) is 5.75 Å². The minimum absolute atomic E-state index is 0.0922. The van der Waals surface area contributed by atoms with Gasteiger partial charge in [-0.05, 0) is 36.3 Å². The van der Waals surface area contributed by atoms with Gasteiger partial charge in [0.25, 0.3) is 0 Å². The molecule has 0 aromatic heterocycles. The molecule has 1 N–H and O–H groups in total. The van der Waals surface area contributed by atoms with Gasteiger partial charge in [-0.15, -0.1) is 0 Å². The van der Waals surface area contributed by atoms with Gasteiger partial charge >= 0.3 is 11.9 Å². The second-order valence-electron chi connectivity index (χ2n) is 5.31. The van der Waals surface area contributed by atoms with Crippen molar-refractivity contribution in [2.45, 2.75) is 20.0 Å². The summed E-state index contributed by atoms with van der Waals surface area (Å²) < 4.78 is 10.7. The molecule has 5 nitrogen and oxygen atoms in total. The summed E-state index contributed by atoms with van der Waals surface area (Å²) in [6, 6.07) is 16.9. The number of hydrogen-bond donors (Lipinski definition) is 1. The zero-order chi connectivity index (χ0) is 18.1. The minimum Gasteiger partial charge on any atom is -0.489 e. The average molecular weight is 340 g/mol. The molecule has 0 bridgehead atoms. The lowest BCUT2D eigenvalue weighted by Crippen LogP contribution is -2.11. The Hall–Kier alpha value is -3.08. The molecule has 0 fully saturated rings. The lowest BCUT2D eigenvalue weighted by molar-refractivity contribution is -0.142. The van der Waals surface area contributed by atoms with Crippen molar-refractivity contribution >= 4 is 18.0 Å². The molecule has 0 aliphatic heterocycles. The molecule has 2 aromatic carbocycles. The minimum atomic E-state index is -1.09. The molecular formula is C20H20O5. The normalized spacial score (nSPS) is 11.0. The lowest BCUT2D eigenvalue weighted by atomic mass is 10.1. The van der Waals surface area contributed by atoms with Crippen molar-refractivity contribution < 1.29 is 24.2 Å². The Kier molecular flexibility index (Phi) is 6.77. The van der Waals surface area contributed by atoms with Crippen LogP contribution in [0.5, 0.6) is 5.75 Å². The number of carbonyl (C=O) groups is 2. The molecule has 130 valence electrons. The highest BCUT2D eigenvalue weighted by atomic mass is 16.5. The summed E-state index contributed by atoms with van der Waals surface area (Å²) in [5.41, 5.74) is 1.81. The highest BCUT2D eigenvalue weighted by Crippen LogP contribution is 2.19. The molecule has 0 atom stereocenters. The molecule has 5 heteroatoms. The van der Waals surface area contributed by atoms with Crippen LogP contribution >= 0.6 is 0 Å². The molecule has 0 saturated heterocycles. The van der Waals surface area contributed by atoms with E-state index in [1.54, 1.807) is 25.1 Å². The first-order valence-electron chi connectivity index (χ1n) is 7.94. The first kappa shape index (κ1) is 18.3. The van der Waals surface area contributed by atoms with Crippen LogP contribution in [0.1, 0.15) is 24.5 Å². The third-order valence-electron chi connectivity index (χ3n) is 3.33. The third kappa shape index (κ3) is 6.14. The van der Waals surface area contributed by atoms with Crippen LogP contribution in [-0.4, -0.2) is 23.7 Å². The number of benzene rings is 2. The summed E-state index contributed by atoms with van der Waals surface area (Å²) in [5.74, 6) is -1.08. The Balaban J connectivity index is 2.14. The number of aliphatic carboxylic acids is 1. The molecule has 2 rings (SSSR count). The van der Waals surface area contributed by atoms with Gasteiger partial charge in [0.15, 0.2) is 0 Å². The molecule has 0 saturated carbocycles. The van der Waals surface area contributed by atoms with Gasteiger partial charge in [0.05, 0.1) is 13.0 Å². The van der Waals surface area contributed by atoms with Crippen LogP contribution in [0.3, 0.4) is 0 Å². The van der Waals surface area contributed by atoms with Gasteiger partial charge in [0.2, 0.25) is 0 Å². The van der Waals surface area contributed by atoms with Crippen LogP contribution in [0.15, 0.2) is 60.2 Å². The number of carboxylic acid groups (broad SMARTS) is 1. The molecule has 0 aliphatic rings. The topological polar surface area (TPSA) is 72.8 Å². The zero-order valence-corrected chi connectivity index (χ0v) is 14.0. The van der Waals surface area contributed by atoms with E-state index in [2.05, 4.69) is 0 Å². The molecule has 0 spiro atoms. The summed E-state index contributed by atoms with van der Waals surface area (Å²) in [6.45, 7) is 2.29. The van der Waals surface area contributed by atoms with E-state index in [0.717, 1.165) is 5.56 Å². The number of carbonyl (C=O) groups excluding carboxylic acids is 1. The Morgan fingerprint density at radius 2 is 1.84 bits per heavy atom. The largest absolute Gasteiger partial charge is 0.489 e. The van der Waals surface area contributed by atoms with E-state index >= 15 is 0 Å². The fourth-order valence-corrected chi connectivity index (χ4v) is 2.21. The van der Waals surface area contributed by atoms with Gasteiger partial charge in [0, 0.05) is 5.57 Å². The molecule has 0 amide bonds. The first-order valence-corrected chi connectivity index (χ1v) is 7.94. The third-order valence-corrected chi connectivity index (χ3v) is 3.33. The van der Waals surface area contributed by atoms with Gasteiger partial charge in [-0.1, -0.05) is 42.5 Å². The number of rotatable bonds is 8. The van der Waals surface area contributed by atoms with E-state index in [0.29, 0.717) is 17.9 Å². The standard InChI is InChI=1S/C20H20O5/c1-2-24-20(23)17(13-19(21)22)11-16-9-6-10-18(12-16)25-14-15-7-4-3-5-8-15/h3-12H,2,13-14H2,1H3,(H,21,22)/b17-11+. The summed E-state index contributed by atoms with van der Waals surface area (Å²) in [4.78, 5) is 22.9. The maximum Gasteiger partial charge on any atom is 0.334 e. The van der Waals surface area contributed by atoms with E-state index in [4.69, 9.17) is 14.6 Å². The zero-order valence-electron chi connectivity index (χ0n) is 14.0. The van der Waals surface area contributed by atoms with Crippen molar-refractivity contribution in [1.29, 1.82) is 0 Å². The van der Waals surface area contributed by atoms with Gasteiger partial charge in [-0.25, -0.2) is 4.79 Å². The van der Waals surface area contributed by atoms with Gasteiger partial charge < -0.3 is 14.6 Å². The first-order chi connectivity index (χ1) is 12.1. The quantitative estimate of drug-likeness (QED) is 0.586. The molecular weight excluding hydrogens is 320 g/mol. The number of hydrogen-bond acceptors (Lipinski definition) is 4. The van der Waals surface area contributed by atoms with Crippen molar-refractivity contribution in [1.82, 2.24) is 0 Å². The van der Waals surface area contributed by atoms with E-state index in [9.17, 15) is 9.59 Å². The highest BCUT2D eigenvalue weighted by Gasteiger charge is 2.14. The highest BCUT2D eigenvalue weighted by molar-refractivity contribution is 5.98. The molecule has 0 heterocycles. The maximum absolute atomic E-state index is 11.9. The average Bonchev–Trinajstić information content (AvgIpc) is 2.60. The van der Waals surface area contributed by atoms with Crippen molar-refractivity contribution in [3.05, 3.63) is 71.3 Å². The van der Waals surface area contributed by atoms with Crippen LogP contribution in [-0.2, 0) is 20.9 Å². The van der Waals surface area contributed by atoms with Crippen molar-refractivity contribution in [2.75, 3.05) is 6.61 Å². The molecule has 25 heavy (non-hydrogen) atoms. The van der Waals surface area contributed by atoms with Crippen LogP contribution in [0.25, 0.3) is 6.08 Å². The lowest BCUT2D eigenvalue weighted by Gasteiger charge is -2.08. The predicted octanol–water partition coefficient (Wildman–Crippen LogP) is 3.69. The molecule has 0 radical (unpaired) electrons. The summed E-state index contributed by atoms with van der Waals surface area (Å²) >= 11 is 0. The fraction of sp³-hybridized carbons (Fsp3) is 0.200. The second kappa shape index (κ2) is 9.27. The monoisotopic (exact) mass is 340 g/mol. The van der Waals surface area contributed by atoms with Crippen LogP contribution in [0, 0.1) is 0 Å². The number of ether oxygens (including phenoxy) is 2. The van der Waals surface area contributed by atoms with E-state index < -0.39 is 18.4 Å². The van der Waals surface area contributed by atoms with E-state index in [1.165, 1.54) is 6.08 Å². The van der Waals surface area contributed by atoms with E-state index in [1.807, 2.05) is 36.4 Å². The van der Waals surface area contributed by atoms with Crippen LogP contribution in [0.2, 0.25) is 0 Å². The SMILES string of the molecule is CCOC(=O)/C(=C/c1cccc(OCc2ccccc2)c1)CC(=O)O. The summed E-state index contributed by atoms with van der Waals surface area (Å²) in [6.07, 6.45) is 1.12. The fourth-order valence-electron chi connectivity index (χ4n) is 2.21. The smallest absolute Gasteiger partial charge is 0.334 e. The second-order valence-corrected chi connectivity index (χ2v) is 5.31. The summed E-state index contributed by atoms with van der Waals surface area (Å²) in [7, 11) is 0. The van der Waals surface area contributed by atoms with Crippen LogP contribution in [0.4, 0.5) is 0 Å². The van der Waals surface area contributed by atoms with Gasteiger partial charge in [-0.2, -0.15) is 0 Å². The Morgan fingerprint density at radius 1 is 1.08 bits per heavy atom. The Bertz CT molecular complexity index is 750. The predicted molar refractivity (Wildman–Crippen MR) is 94.1 cm³/mol. The van der Waals surface area contributed by atoms with Gasteiger partial charge in [0.1, 0.15) is 12.4 Å². The van der Waals surface area contributed by atoms with E-state index in [-0.39, 0.29) is 12.2 Å². The number of carboxylic acids is 1. The number of esters is 1. The van der Waals surface area contributed by atoms with Crippen LogP contribution < -0.4 is 4.74 Å². The Labute approximate surface area is 146 Å².